The second kappa shape index (κ2) is 6.81. The van der Waals surface area contributed by atoms with E-state index < -0.39 is 22.5 Å². The zero-order valence-corrected chi connectivity index (χ0v) is 12.4. The van der Waals surface area contributed by atoms with Crippen LogP contribution in [0.1, 0.15) is 26.7 Å². The molecule has 1 fully saturated rings. The second-order valence-electron chi connectivity index (χ2n) is 4.83. The molecule has 0 aromatic carbocycles. The van der Waals surface area contributed by atoms with Gasteiger partial charge in [-0.05, 0) is 25.7 Å². The van der Waals surface area contributed by atoms with Gasteiger partial charge in [0.05, 0.1) is 6.04 Å². The van der Waals surface area contributed by atoms with Gasteiger partial charge in [-0.1, -0.05) is 6.92 Å². The van der Waals surface area contributed by atoms with Gasteiger partial charge in [-0.3, -0.25) is 0 Å². The normalized spacial score (nSPS) is 21.4. The fourth-order valence-corrected chi connectivity index (χ4v) is 3.52. The van der Waals surface area contributed by atoms with Crippen molar-refractivity contribution in [3.63, 3.8) is 0 Å². The molecule has 0 spiro atoms. The number of methoxy groups -OCH3 is 2. The van der Waals surface area contributed by atoms with Crippen molar-refractivity contribution in [3.8, 4) is 0 Å². The third-order valence-electron chi connectivity index (χ3n) is 3.29. The number of ether oxygens (including phenoxy) is 2. The van der Waals surface area contributed by atoms with E-state index in [2.05, 4.69) is 11.6 Å². The molecule has 1 rings (SSSR count). The third kappa shape index (κ3) is 4.17. The summed E-state index contributed by atoms with van der Waals surface area (Å²) in [6.07, 6.45) is 1.24. The Labute approximate surface area is 110 Å². The average molecular weight is 280 g/mol. The smallest absolute Gasteiger partial charge is 0.279 e. The number of hydrogen-bond acceptors (Lipinski definition) is 4. The van der Waals surface area contributed by atoms with Crippen LogP contribution in [0.5, 0.6) is 0 Å². The van der Waals surface area contributed by atoms with E-state index >= 15 is 0 Å². The zero-order chi connectivity index (χ0) is 13.8. The number of nitrogens with one attached hydrogen (secondary N) is 1. The first kappa shape index (κ1) is 15.8. The quantitative estimate of drug-likeness (QED) is 0.722. The predicted molar refractivity (Wildman–Crippen MR) is 69.3 cm³/mol. The van der Waals surface area contributed by atoms with E-state index in [9.17, 15) is 8.42 Å². The minimum Gasteiger partial charge on any atom is -0.354 e. The van der Waals surface area contributed by atoms with Gasteiger partial charge in [-0.2, -0.15) is 17.4 Å². The van der Waals surface area contributed by atoms with Gasteiger partial charge >= 0.3 is 0 Å². The molecule has 1 unspecified atom stereocenters. The van der Waals surface area contributed by atoms with Crippen LogP contribution in [0.15, 0.2) is 0 Å². The van der Waals surface area contributed by atoms with E-state index in [4.69, 9.17) is 9.47 Å². The average Bonchev–Trinajstić information content (AvgIpc) is 2.30. The van der Waals surface area contributed by atoms with E-state index in [-0.39, 0.29) is 0 Å². The molecular formula is C11H24N2O4S. The Kier molecular flexibility index (Phi) is 6.00. The van der Waals surface area contributed by atoms with Crippen LogP contribution in [0.4, 0.5) is 0 Å². The van der Waals surface area contributed by atoms with Crippen molar-refractivity contribution < 1.29 is 17.9 Å². The van der Waals surface area contributed by atoms with Gasteiger partial charge < -0.3 is 9.47 Å². The van der Waals surface area contributed by atoms with Crippen LogP contribution in [0.25, 0.3) is 0 Å². The molecule has 0 aromatic heterocycles. The van der Waals surface area contributed by atoms with E-state index in [0.29, 0.717) is 19.0 Å². The maximum Gasteiger partial charge on any atom is 0.279 e. The largest absolute Gasteiger partial charge is 0.354 e. The van der Waals surface area contributed by atoms with Gasteiger partial charge in [0, 0.05) is 27.3 Å². The molecule has 18 heavy (non-hydrogen) atoms. The molecular weight excluding hydrogens is 256 g/mol. The monoisotopic (exact) mass is 280 g/mol. The van der Waals surface area contributed by atoms with Gasteiger partial charge in [0.2, 0.25) is 0 Å². The maximum absolute atomic E-state index is 12.1. The summed E-state index contributed by atoms with van der Waals surface area (Å²) in [6.45, 7) is 5.02. The van der Waals surface area contributed by atoms with Crippen molar-refractivity contribution in [3.05, 3.63) is 0 Å². The van der Waals surface area contributed by atoms with Crippen LogP contribution in [0, 0.1) is 5.92 Å². The van der Waals surface area contributed by atoms with Gasteiger partial charge in [-0.15, -0.1) is 0 Å². The summed E-state index contributed by atoms with van der Waals surface area (Å²) in [7, 11) is -0.473. The number of rotatable bonds is 6. The van der Waals surface area contributed by atoms with E-state index in [1.165, 1.54) is 18.5 Å². The Morgan fingerprint density at radius 3 is 2.17 bits per heavy atom. The molecule has 0 radical (unpaired) electrons. The number of hydrogen-bond donors (Lipinski definition) is 1. The van der Waals surface area contributed by atoms with Gasteiger partial charge in [0.25, 0.3) is 10.2 Å². The van der Waals surface area contributed by atoms with Crippen LogP contribution in [0.3, 0.4) is 0 Å². The predicted octanol–water partition coefficient (Wildman–Crippen LogP) is 0.560. The topological polar surface area (TPSA) is 67.9 Å². The highest BCUT2D eigenvalue weighted by Crippen LogP contribution is 2.18. The zero-order valence-electron chi connectivity index (χ0n) is 11.5. The van der Waals surface area contributed by atoms with Crippen molar-refractivity contribution in [2.45, 2.75) is 39.0 Å². The van der Waals surface area contributed by atoms with Crippen LogP contribution < -0.4 is 4.72 Å². The highest BCUT2D eigenvalue weighted by Gasteiger charge is 2.29. The fraction of sp³-hybridized carbons (Fsp3) is 1.00. The molecule has 0 saturated carbocycles. The van der Waals surface area contributed by atoms with Crippen molar-refractivity contribution in [2.75, 3.05) is 27.3 Å². The van der Waals surface area contributed by atoms with Gasteiger partial charge in [0.1, 0.15) is 0 Å². The van der Waals surface area contributed by atoms with Crippen LogP contribution in [-0.2, 0) is 19.7 Å². The molecule has 1 saturated heterocycles. The van der Waals surface area contributed by atoms with Gasteiger partial charge in [0.15, 0.2) is 6.29 Å². The Morgan fingerprint density at radius 2 is 1.72 bits per heavy atom. The summed E-state index contributed by atoms with van der Waals surface area (Å²) in [5.74, 6) is 0.597. The summed E-state index contributed by atoms with van der Waals surface area (Å²) in [5, 5.41) is 0. The van der Waals surface area contributed by atoms with E-state index in [0.717, 1.165) is 12.8 Å². The molecule has 0 aliphatic carbocycles. The first-order valence-corrected chi connectivity index (χ1v) is 7.67. The molecule has 7 heteroatoms. The molecule has 0 amide bonds. The fourth-order valence-electron chi connectivity index (χ4n) is 2.09. The van der Waals surface area contributed by atoms with Crippen molar-refractivity contribution in [1.29, 1.82) is 0 Å². The molecule has 6 nitrogen and oxygen atoms in total. The lowest BCUT2D eigenvalue weighted by atomic mass is 10.0. The number of piperidine rings is 1. The Bertz CT molecular complexity index is 335. The van der Waals surface area contributed by atoms with E-state index in [1.54, 1.807) is 6.92 Å². The van der Waals surface area contributed by atoms with E-state index in [1.807, 2.05) is 0 Å². The highest BCUT2D eigenvalue weighted by atomic mass is 32.2. The lowest BCUT2D eigenvalue weighted by Gasteiger charge is -2.31. The van der Waals surface area contributed by atoms with Crippen molar-refractivity contribution >= 4 is 10.2 Å². The summed E-state index contributed by atoms with van der Waals surface area (Å²) in [6, 6.07) is -0.427. The molecule has 1 atom stereocenters. The first-order valence-electron chi connectivity index (χ1n) is 6.23. The molecule has 1 N–H and O–H groups in total. The first-order chi connectivity index (χ1) is 8.40. The molecule has 108 valence electrons. The molecule has 1 aliphatic heterocycles. The molecule has 0 aromatic rings. The second-order valence-corrected chi connectivity index (χ2v) is 6.54. The lowest BCUT2D eigenvalue weighted by Crippen LogP contribution is -2.51. The van der Waals surface area contributed by atoms with Gasteiger partial charge in [-0.25, -0.2) is 0 Å². The van der Waals surface area contributed by atoms with Crippen molar-refractivity contribution in [1.82, 2.24) is 9.03 Å². The SMILES string of the molecule is COC(OC)C(C)NS(=O)(=O)N1CCC(C)CC1. The Morgan fingerprint density at radius 1 is 1.22 bits per heavy atom. The summed E-state index contributed by atoms with van der Waals surface area (Å²) >= 11 is 0. The Balaban J connectivity index is 2.58. The summed E-state index contributed by atoms with van der Waals surface area (Å²) in [5.41, 5.74) is 0. The minimum absolute atomic E-state index is 0.427. The highest BCUT2D eigenvalue weighted by molar-refractivity contribution is 7.87. The molecule has 1 aliphatic rings. The summed E-state index contributed by atoms with van der Waals surface area (Å²) < 4.78 is 38.5. The van der Waals surface area contributed by atoms with Crippen LogP contribution in [0.2, 0.25) is 0 Å². The standard InChI is InChI=1S/C11H24N2O4S/c1-9-5-7-13(8-6-9)18(14,15)12-10(2)11(16-3)17-4/h9-12H,5-8H2,1-4H3. The number of nitrogens with zero attached hydrogens (tertiary/aromatic N) is 1. The maximum atomic E-state index is 12.1. The summed E-state index contributed by atoms with van der Waals surface area (Å²) in [4.78, 5) is 0. The third-order valence-corrected chi connectivity index (χ3v) is 5.00. The van der Waals surface area contributed by atoms with Crippen LogP contribution >= 0.6 is 0 Å². The Hall–Kier alpha value is -0.210. The minimum atomic E-state index is -3.45. The van der Waals surface area contributed by atoms with Crippen molar-refractivity contribution in [2.24, 2.45) is 5.92 Å². The molecule has 1 heterocycles. The lowest BCUT2D eigenvalue weighted by molar-refractivity contribution is -0.115. The van der Waals surface area contributed by atoms with Crippen LogP contribution in [-0.4, -0.2) is 52.4 Å². The molecule has 0 bridgehead atoms.